The van der Waals surface area contributed by atoms with Crippen molar-refractivity contribution in [1.29, 1.82) is 0 Å². The van der Waals surface area contributed by atoms with E-state index in [4.69, 9.17) is 0 Å². The smallest absolute Gasteiger partial charge is 0.0398 e. The van der Waals surface area contributed by atoms with Crippen LogP contribution in [0.1, 0.15) is 30.4 Å². The second-order valence-electron chi connectivity index (χ2n) is 7.06. The number of nitrogens with zero attached hydrogens (tertiary/aromatic N) is 1. The Balaban J connectivity index is 1.43. The van der Waals surface area contributed by atoms with Gasteiger partial charge in [0, 0.05) is 18.8 Å². The summed E-state index contributed by atoms with van der Waals surface area (Å²) in [4.78, 5) is 2.64. The molecule has 4 rings (SSSR count). The fraction of sp³-hybridized carbons (Fsp3) is 0.429. The van der Waals surface area contributed by atoms with Crippen molar-refractivity contribution >= 4 is 5.69 Å². The van der Waals surface area contributed by atoms with Crippen LogP contribution in [-0.4, -0.2) is 13.1 Å². The van der Waals surface area contributed by atoms with Gasteiger partial charge in [0.05, 0.1) is 0 Å². The van der Waals surface area contributed by atoms with Gasteiger partial charge in [-0.2, -0.15) is 0 Å². The van der Waals surface area contributed by atoms with Gasteiger partial charge in [-0.25, -0.2) is 0 Å². The minimum atomic E-state index is 0.859. The van der Waals surface area contributed by atoms with Crippen LogP contribution in [0.25, 0.3) is 0 Å². The molecule has 2 unspecified atom stereocenters. The first-order chi connectivity index (χ1) is 10.9. The summed E-state index contributed by atoms with van der Waals surface area (Å²) in [5.74, 6) is 1.75. The number of benzene rings is 2. The molecule has 22 heavy (non-hydrogen) atoms. The molecule has 2 aliphatic heterocycles. The van der Waals surface area contributed by atoms with E-state index >= 15 is 0 Å². The van der Waals surface area contributed by atoms with Crippen molar-refractivity contribution < 1.29 is 0 Å². The van der Waals surface area contributed by atoms with Crippen molar-refractivity contribution in [3.05, 3.63) is 65.7 Å². The summed E-state index contributed by atoms with van der Waals surface area (Å²) < 4.78 is 0. The summed E-state index contributed by atoms with van der Waals surface area (Å²) >= 11 is 0. The molecule has 2 heterocycles. The van der Waals surface area contributed by atoms with Crippen LogP contribution < -0.4 is 4.90 Å². The van der Waals surface area contributed by atoms with E-state index in [1.807, 2.05) is 0 Å². The molecule has 0 aliphatic carbocycles. The van der Waals surface area contributed by atoms with E-state index in [0.717, 1.165) is 11.8 Å². The van der Waals surface area contributed by atoms with Crippen LogP contribution >= 0.6 is 0 Å². The predicted octanol–water partition coefficient (Wildman–Crippen LogP) is 4.71. The molecule has 0 saturated carbocycles. The van der Waals surface area contributed by atoms with Crippen molar-refractivity contribution in [1.82, 2.24) is 0 Å². The van der Waals surface area contributed by atoms with E-state index in [2.05, 4.69) is 59.5 Å². The van der Waals surface area contributed by atoms with Gasteiger partial charge in [-0.05, 0) is 61.1 Å². The minimum absolute atomic E-state index is 0.859. The van der Waals surface area contributed by atoms with E-state index in [-0.39, 0.29) is 0 Å². The van der Waals surface area contributed by atoms with Crippen LogP contribution in [-0.2, 0) is 12.8 Å². The zero-order chi connectivity index (χ0) is 14.8. The molecule has 0 amide bonds. The quantitative estimate of drug-likeness (QED) is 0.791. The third-order valence-corrected chi connectivity index (χ3v) is 5.48. The summed E-state index contributed by atoms with van der Waals surface area (Å²) in [5.41, 5.74) is 4.57. The molecule has 1 fully saturated rings. The summed E-state index contributed by atoms with van der Waals surface area (Å²) in [6, 6.07) is 20.0. The Morgan fingerprint density at radius 1 is 0.955 bits per heavy atom. The fourth-order valence-corrected chi connectivity index (χ4v) is 4.35. The Labute approximate surface area is 134 Å². The monoisotopic (exact) mass is 291 g/mol. The van der Waals surface area contributed by atoms with Gasteiger partial charge in [0.1, 0.15) is 0 Å². The predicted molar refractivity (Wildman–Crippen MR) is 93.3 cm³/mol. The van der Waals surface area contributed by atoms with Gasteiger partial charge >= 0.3 is 0 Å². The molecule has 0 radical (unpaired) electrons. The van der Waals surface area contributed by atoms with Crippen LogP contribution in [0.5, 0.6) is 0 Å². The molecule has 2 bridgehead atoms. The molecular weight excluding hydrogens is 266 g/mol. The Kier molecular flexibility index (Phi) is 3.88. The number of hydrogen-bond donors (Lipinski definition) is 0. The standard InChI is InChI=1S/C21H25N/c1-2-6-17(7-3-1)10-11-18-12-13-22-16-19(14-18)15-20-8-4-5-9-21(20)22/h1-9,18-19H,10-16H2. The maximum atomic E-state index is 2.64. The van der Waals surface area contributed by atoms with Gasteiger partial charge in [-0.3, -0.25) is 0 Å². The van der Waals surface area contributed by atoms with Crippen molar-refractivity contribution in [2.24, 2.45) is 11.8 Å². The summed E-state index contributed by atoms with van der Waals surface area (Å²) in [6.45, 7) is 2.52. The second-order valence-corrected chi connectivity index (χ2v) is 7.06. The lowest BCUT2D eigenvalue weighted by Crippen LogP contribution is -2.33. The van der Waals surface area contributed by atoms with E-state index in [1.165, 1.54) is 56.4 Å². The molecule has 1 saturated heterocycles. The van der Waals surface area contributed by atoms with Gasteiger partial charge in [0.25, 0.3) is 0 Å². The second kappa shape index (κ2) is 6.16. The van der Waals surface area contributed by atoms with Gasteiger partial charge in [0.15, 0.2) is 0 Å². The number of hydrogen-bond acceptors (Lipinski definition) is 1. The molecular formula is C21H25N. The molecule has 0 aromatic heterocycles. The Morgan fingerprint density at radius 2 is 1.77 bits per heavy atom. The third-order valence-electron chi connectivity index (χ3n) is 5.48. The molecule has 0 N–H and O–H groups in total. The first kappa shape index (κ1) is 13.9. The average Bonchev–Trinajstić information content (AvgIpc) is 2.73. The normalized spacial score (nSPS) is 23.7. The third kappa shape index (κ3) is 2.90. The maximum Gasteiger partial charge on any atom is 0.0398 e. The van der Waals surface area contributed by atoms with Gasteiger partial charge < -0.3 is 4.90 Å². The highest BCUT2D eigenvalue weighted by Gasteiger charge is 2.29. The van der Waals surface area contributed by atoms with E-state index < -0.39 is 0 Å². The molecule has 2 atom stereocenters. The Bertz CT molecular complexity index is 619. The average molecular weight is 291 g/mol. The molecule has 0 spiro atoms. The van der Waals surface area contributed by atoms with Crippen molar-refractivity contribution in [2.45, 2.75) is 32.1 Å². The van der Waals surface area contributed by atoms with Gasteiger partial charge in [0.2, 0.25) is 0 Å². The highest BCUT2D eigenvalue weighted by molar-refractivity contribution is 5.56. The largest absolute Gasteiger partial charge is 0.371 e. The van der Waals surface area contributed by atoms with Crippen LogP contribution in [0.3, 0.4) is 0 Å². The first-order valence-electron chi connectivity index (χ1n) is 8.75. The van der Waals surface area contributed by atoms with Crippen molar-refractivity contribution in [3.63, 3.8) is 0 Å². The van der Waals surface area contributed by atoms with Crippen LogP contribution in [0.4, 0.5) is 5.69 Å². The first-order valence-corrected chi connectivity index (χ1v) is 8.75. The van der Waals surface area contributed by atoms with Crippen LogP contribution in [0.15, 0.2) is 54.6 Å². The number of rotatable bonds is 3. The Morgan fingerprint density at radius 3 is 2.68 bits per heavy atom. The summed E-state index contributed by atoms with van der Waals surface area (Å²) in [5, 5.41) is 0. The minimum Gasteiger partial charge on any atom is -0.371 e. The molecule has 114 valence electrons. The fourth-order valence-electron chi connectivity index (χ4n) is 4.35. The molecule has 1 heteroatoms. The molecule has 2 aromatic rings. The lowest BCUT2D eigenvalue weighted by atomic mass is 9.84. The topological polar surface area (TPSA) is 3.24 Å². The van der Waals surface area contributed by atoms with E-state index in [1.54, 1.807) is 5.56 Å². The molecule has 2 aromatic carbocycles. The van der Waals surface area contributed by atoms with E-state index in [9.17, 15) is 0 Å². The lowest BCUT2D eigenvalue weighted by Gasteiger charge is -2.33. The van der Waals surface area contributed by atoms with Gasteiger partial charge in [-0.1, -0.05) is 48.5 Å². The summed E-state index contributed by atoms with van der Waals surface area (Å²) in [7, 11) is 0. The van der Waals surface area contributed by atoms with Crippen LogP contribution in [0.2, 0.25) is 0 Å². The lowest BCUT2D eigenvalue weighted by molar-refractivity contribution is 0.368. The highest BCUT2D eigenvalue weighted by Crippen LogP contribution is 2.37. The van der Waals surface area contributed by atoms with Gasteiger partial charge in [-0.15, -0.1) is 0 Å². The molecule has 2 aliphatic rings. The van der Waals surface area contributed by atoms with Crippen LogP contribution in [0, 0.1) is 11.8 Å². The number of para-hydroxylation sites is 1. The van der Waals surface area contributed by atoms with E-state index in [0.29, 0.717) is 0 Å². The van der Waals surface area contributed by atoms with Crippen molar-refractivity contribution in [3.8, 4) is 0 Å². The zero-order valence-electron chi connectivity index (χ0n) is 13.2. The number of fused-ring (bicyclic) bond motifs is 4. The highest BCUT2D eigenvalue weighted by atomic mass is 15.1. The number of aryl methyl sites for hydroxylation is 1. The maximum absolute atomic E-state index is 2.64. The zero-order valence-corrected chi connectivity index (χ0v) is 13.2. The number of anilines is 1. The van der Waals surface area contributed by atoms with Crippen molar-refractivity contribution in [2.75, 3.05) is 18.0 Å². The Hall–Kier alpha value is -1.76. The summed E-state index contributed by atoms with van der Waals surface area (Å²) in [6.07, 6.45) is 6.65. The SMILES string of the molecule is c1ccc(CCC2CCN3CC(Cc4ccccc43)C2)cc1. The molecule has 1 nitrogen and oxygen atoms in total.